The summed E-state index contributed by atoms with van der Waals surface area (Å²) in [5.41, 5.74) is 1.44. The van der Waals surface area contributed by atoms with Crippen molar-refractivity contribution >= 4 is 39.1 Å². The van der Waals surface area contributed by atoms with Crippen LogP contribution in [0, 0.1) is 0 Å². The number of rotatable bonds is 11. The molecule has 1 unspecified atom stereocenters. The van der Waals surface area contributed by atoms with Crippen LogP contribution < -0.4 is 9.46 Å². The van der Waals surface area contributed by atoms with Gasteiger partial charge in [-0.2, -0.15) is 16.5 Å². The number of aromatic nitrogens is 1. The van der Waals surface area contributed by atoms with E-state index >= 15 is 0 Å². The number of thiazole rings is 1. The van der Waals surface area contributed by atoms with Gasteiger partial charge in [0.15, 0.2) is 0 Å². The quantitative estimate of drug-likeness (QED) is 0.405. The topological polar surface area (TPSA) is 94.6 Å². The minimum Gasteiger partial charge on any atom is -0.496 e. The van der Waals surface area contributed by atoms with Crippen molar-refractivity contribution in [3.05, 3.63) is 65.7 Å². The fourth-order valence-corrected chi connectivity index (χ4v) is 5.43. The first-order valence-electron chi connectivity index (χ1n) is 9.75. The van der Waals surface area contributed by atoms with Crippen molar-refractivity contribution in [1.29, 1.82) is 0 Å². The van der Waals surface area contributed by atoms with E-state index in [9.17, 15) is 13.2 Å². The molecule has 0 fully saturated rings. The fraction of sp³-hybridized carbons (Fsp3) is 0.273. The minimum absolute atomic E-state index is 0.0483. The first-order chi connectivity index (χ1) is 15.4. The molecule has 10 heteroatoms. The van der Waals surface area contributed by atoms with E-state index in [-0.39, 0.29) is 11.5 Å². The number of ether oxygens (including phenoxy) is 2. The van der Waals surface area contributed by atoms with E-state index in [1.165, 1.54) is 35.2 Å². The minimum atomic E-state index is -3.85. The predicted molar refractivity (Wildman–Crippen MR) is 127 cm³/mol. The van der Waals surface area contributed by atoms with Crippen molar-refractivity contribution in [1.82, 2.24) is 9.71 Å². The maximum absolute atomic E-state index is 12.7. The van der Waals surface area contributed by atoms with Crippen molar-refractivity contribution in [2.45, 2.75) is 24.0 Å². The number of carbonyl (C=O) groups is 1. The van der Waals surface area contributed by atoms with Crippen LogP contribution in [-0.2, 0) is 26.2 Å². The molecular weight excluding hydrogens is 468 g/mol. The van der Waals surface area contributed by atoms with E-state index in [4.69, 9.17) is 9.47 Å². The Morgan fingerprint density at radius 2 is 1.88 bits per heavy atom. The normalized spacial score (nSPS) is 12.3. The molecule has 3 aromatic rings. The lowest BCUT2D eigenvalue weighted by Gasteiger charge is -2.17. The molecule has 1 atom stereocenters. The average Bonchev–Trinajstić information content (AvgIpc) is 3.29. The molecule has 2 aromatic carbocycles. The maximum atomic E-state index is 12.7. The van der Waals surface area contributed by atoms with Gasteiger partial charge in [0.2, 0.25) is 10.0 Å². The number of para-hydroxylation sites is 1. The largest absolute Gasteiger partial charge is 0.496 e. The van der Waals surface area contributed by atoms with Crippen LogP contribution >= 0.6 is 23.1 Å². The second kappa shape index (κ2) is 11.5. The van der Waals surface area contributed by atoms with Crippen LogP contribution in [0.3, 0.4) is 0 Å². The Bertz CT molecular complexity index is 1130. The summed E-state index contributed by atoms with van der Waals surface area (Å²) in [5, 5.41) is 2.55. The van der Waals surface area contributed by atoms with Crippen molar-refractivity contribution in [2.24, 2.45) is 0 Å². The van der Waals surface area contributed by atoms with Crippen LogP contribution in [-0.4, -0.2) is 44.5 Å². The molecule has 32 heavy (non-hydrogen) atoms. The van der Waals surface area contributed by atoms with E-state index in [0.717, 1.165) is 10.6 Å². The number of sulfonamides is 1. The Morgan fingerprint density at radius 1 is 1.16 bits per heavy atom. The number of nitrogens with one attached hydrogen (secondary N) is 1. The smallest absolute Gasteiger partial charge is 0.324 e. The van der Waals surface area contributed by atoms with Gasteiger partial charge in [0.1, 0.15) is 23.4 Å². The highest BCUT2D eigenvalue weighted by molar-refractivity contribution is 7.98. The van der Waals surface area contributed by atoms with Crippen LogP contribution in [0.15, 0.2) is 64.9 Å². The summed E-state index contributed by atoms with van der Waals surface area (Å²) in [5.74, 6) is 0.675. The molecule has 1 N–H and O–H groups in total. The van der Waals surface area contributed by atoms with Crippen molar-refractivity contribution in [3.63, 3.8) is 0 Å². The zero-order chi connectivity index (χ0) is 23.0. The van der Waals surface area contributed by atoms with Gasteiger partial charge in [0.25, 0.3) is 0 Å². The van der Waals surface area contributed by atoms with Gasteiger partial charge in [-0.05, 0) is 42.7 Å². The number of nitrogens with zero attached hydrogens (tertiary/aromatic N) is 1. The number of esters is 1. The summed E-state index contributed by atoms with van der Waals surface area (Å²) in [6, 6.07) is 14.5. The standard InChI is InChI=1S/C22H24N2O5S3/c1-28-20-11-7-6-10-18(20)21-23-16(15-31-21)14-29-22(25)19(12-13-30-2)24-32(26,27)17-8-4-3-5-9-17/h3-11,15,19,24H,12-14H2,1-2H3. The van der Waals surface area contributed by atoms with E-state index in [1.54, 1.807) is 30.7 Å². The first kappa shape index (κ1) is 24.2. The zero-order valence-corrected chi connectivity index (χ0v) is 20.1. The van der Waals surface area contributed by atoms with Gasteiger partial charge >= 0.3 is 5.97 Å². The third kappa shape index (κ3) is 6.32. The Balaban J connectivity index is 1.67. The lowest BCUT2D eigenvalue weighted by atomic mass is 10.2. The van der Waals surface area contributed by atoms with E-state index in [0.29, 0.717) is 23.6 Å². The lowest BCUT2D eigenvalue weighted by molar-refractivity contribution is -0.147. The monoisotopic (exact) mass is 492 g/mol. The molecule has 0 saturated carbocycles. The molecule has 0 spiro atoms. The highest BCUT2D eigenvalue weighted by atomic mass is 32.2. The number of methoxy groups -OCH3 is 1. The average molecular weight is 493 g/mol. The van der Waals surface area contributed by atoms with Crippen LogP contribution in [0.1, 0.15) is 12.1 Å². The third-order valence-corrected chi connectivity index (χ3v) is 7.55. The summed E-state index contributed by atoms with van der Waals surface area (Å²) in [4.78, 5) is 17.3. The summed E-state index contributed by atoms with van der Waals surface area (Å²) in [6.07, 6.45) is 2.21. The fourth-order valence-electron chi connectivity index (χ4n) is 2.88. The van der Waals surface area contributed by atoms with Crippen LogP contribution in [0.2, 0.25) is 0 Å². The lowest BCUT2D eigenvalue weighted by Crippen LogP contribution is -2.42. The molecule has 3 rings (SSSR count). The highest BCUT2D eigenvalue weighted by Crippen LogP contribution is 2.32. The van der Waals surface area contributed by atoms with Gasteiger partial charge in [-0.1, -0.05) is 30.3 Å². The predicted octanol–water partition coefficient (Wildman–Crippen LogP) is 3.96. The summed E-state index contributed by atoms with van der Waals surface area (Å²) < 4.78 is 38.6. The van der Waals surface area contributed by atoms with E-state index in [2.05, 4.69) is 9.71 Å². The zero-order valence-electron chi connectivity index (χ0n) is 17.7. The van der Waals surface area contributed by atoms with Gasteiger partial charge in [-0.25, -0.2) is 13.4 Å². The molecule has 1 heterocycles. The molecule has 0 bridgehead atoms. The molecule has 0 aliphatic heterocycles. The maximum Gasteiger partial charge on any atom is 0.324 e. The number of benzene rings is 2. The van der Waals surface area contributed by atoms with E-state index < -0.39 is 22.0 Å². The molecule has 0 aliphatic carbocycles. The number of hydrogen-bond donors (Lipinski definition) is 1. The van der Waals surface area contributed by atoms with Crippen molar-refractivity contribution < 1.29 is 22.7 Å². The van der Waals surface area contributed by atoms with Gasteiger partial charge in [-0.3, -0.25) is 4.79 Å². The van der Waals surface area contributed by atoms with Gasteiger partial charge < -0.3 is 9.47 Å². The molecular formula is C22H24N2O5S3. The van der Waals surface area contributed by atoms with Crippen LogP contribution in [0.25, 0.3) is 10.6 Å². The van der Waals surface area contributed by atoms with E-state index in [1.807, 2.05) is 30.5 Å². The van der Waals surface area contributed by atoms with Gasteiger partial charge in [-0.15, -0.1) is 11.3 Å². The Hall–Kier alpha value is -2.40. The number of carbonyl (C=O) groups excluding carboxylic acids is 1. The van der Waals surface area contributed by atoms with Crippen molar-refractivity contribution in [3.8, 4) is 16.3 Å². The second-order valence-electron chi connectivity index (χ2n) is 6.72. The Kier molecular flexibility index (Phi) is 8.68. The number of thioether (sulfide) groups is 1. The molecule has 0 radical (unpaired) electrons. The summed E-state index contributed by atoms with van der Waals surface area (Å²) >= 11 is 2.94. The molecule has 170 valence electrons. The highest BCUT2D eigenvalue weighted by Gasteiger charge is 2.27. The summed E-state index contributed by atoms with van der Waals surface area (Å²) in [7, 11) is -2.25. The first-order valence-corrected chi connectivity index (χ1v) is 13.5. The molecule has 0 saturated heterocycles. The number of hydrogen-bond acceptors (Lipinski definition) is 8. The van der Waals surface area contributed by atoms with Gasteiger partial charge in [0.05, 0.1) is 23.3 Å². The van der Waals surface area contributed by atoms with Crippen LogP contribution in [0.4, 0.5) is 0 Å². The van der Waals surface area contributed by atoms with Gasteiger partial charge in [0, 0.05) is 5.38 Å². The Labute approximate surface area is 196 Å². The molecule has 7 nitrogen and oxygen atoms in total. The summed E-state index contributed by atoms with van der Waals surface area (Å²) in [6.45, 7) is -0.0483. The molecule has 1 aromatic heterocycles. The van der Waals surface area contributed by atoms with Crippen molar-refractivity contribution in [2.75, 3.05) is 19.1 Å². The second-order valence-corrected chi connectivity index (χ2v) is 10.3. The van der Waals surface area contributed by atoms with Crippen LogP contribution in [0.5, 0.6) is 5.75 Å². The third-order valence-electron chi connectivity index (χ3n) is 4.50. The Morgan fingerprint density at radius 3 is 2.59 bits per heavy atom. The molecule has 0 aliphatic rings. The molecule has 0 amide bonds. The SMILES string of the molecule is COc1ccccc1-c1nc(COC(=O)C(CCSC)NS(=O)(=O)c2ccccc2)cs1.